The van der Waals surface area contributed by atoms with E-state index < -0.39 is 11.8 Å². The summed E-state index contributed by atoms with van der Waals surface area (Å²) in [5.74, 6) is -3.01. The molecule has 13 heavy (non-hydrogen) atoms. The summed E-state index contributed by atoms with van der Waals surface area (Å²) in [4.78, 5) is 11.9. The van der Waals surface area contributed by atoms with E-state index in [0.29, 0.717) is 13.1 Å². The van der Waals surface area contributed by atoms with Gasteiger partial charge < -0.3 is 5.73 Å². The molecule has 1 heterocycles. The summed E-state index contributed by atoms with van der Waals surface area (Å²) in [6.07, 6.45) is 0.0574. The number of halogens is 3. The Hall–Kier alpha value is -0.420. The van der Waals surface area contributed by atoms with E-state index in [4.69, 9.17) is 5.73 Å². The van der Waals surface area contributed by atoms with Gasteiger partial charge in [0.1, 0.15) is 0 Å². The van der Waals surface area contributed by atoms with Crippen molar-refractivity contribution in [2.45, 2.75) is 18.8 Å². The number of carbonyl (C=O) groups is 1. The second-order valence-electron chi connectivity index (χ2n) is 3.10. The van der Waals surface area contributed by atoms with E-state index in [2.05, 4.69) is 0 Å². The summed E-state index contributed by atoms with van der Waals surface area (Å²) in [6, 6.07) is 0. The molecule has 0 aromatic heterocycles. The third kappa shape index (κ3) is 4.38. The van der Waals surface area contributed by atoms with Crippen molar-refractivity contribution in [3.63, 3.8) is 0 Å². The number of hydrogen-bond acceptors (Lipinski definition) is 2. The molecule has 1 fully saturated rings. The number of primary amides is 1. The number of nitrogens with zero attached hydrogens (tertiary/aromatic N) is 1. The van der Waals surface area contributed by atoms with Gasteiger partial charge in [-0.2, -0.15) is 0 Å². The summed E-state index contributed by atoms with van der Waals surface area (Å²) in [6.45, 7) is 0.478. The normalized spacial score (nSPS) is 21.1. The Balaban J connectivity index is 0.00000144. The number of rotatable bonds is 3. The second-order valence-corrected chi connectivity index (χ2v) is 3.10. The fourth-order valence-electron chi connectivity index (χ4n) is 1.27. The van der Waals surface area contributed by atoms with Gasteiger partial charge in [0.15, 0.2) is 0 Å². The van der Waals surface area contributed by atoms with Gasteiger partial charge in [-0.25, -0.2) is 8.78 Å². The maximum Gasteiger partial charge on any atom is 0.261 e. The van der Waals surface area contributed by atoms with Gasteiger partial charge in [0.05, 0.1) is 6.54 Å². The predicted octanol–water partition coefficient (Wildman–Crippen LogP) is 0.625. The third-order valence-corrected chi connectivity index (χ3v) is 1.92. The highest BCUT2D eigenvalue weighted by molar-refractivity contribution is 5.85. The summed E-state index contributed by atoms with van der Waals surface area (Å²) in [5.41, 5.74) is 4.89. The molecule has 0 unspecified atom stereocenters. The molecule has 1 saturated heterocycles. The highest BCUT2D eigenvalue weighted by Gasteiger charge is 2.37. The van der Waals surface area contributed by atoms with Crippen LogP contribution in [0.5, 0.6) is 0 Å². The number of nitrogens with two attached hydrogens (primary N) is 1. The Morgan fingerprint density at radius 3 is 2.54 bits per heavy atom. The standard InChI is InChI=1S/C7H12F2N2O.ClH/c8-7(9)2-4-11(5-7)3-1-6(10)12;/h1-5H2,(H2,10,12);1H. The summed E-state index contributed by atoms with van der Waals surface area (Å²) >= 11 is 0. The van der Waals surface area contributed by atoms with Crippen LogP contribution in [0.4, 0.5) is 8.78 Å². The first-order valence-electron chi connectivity index (χ1n) is 3.88. The van der Waals surface area contributed by atoms with Crippen molar-refractivity contribution in [3.05, 3.63) is 0 Å². The fraction of sp³-hybridized carbons (Fsp3) is 0.857. The summed E-state index contributed by atoms with van der Waals surface area (Å²) in [7, 11) is 0. The third-order valence-electron chi connectivity index (χ3n) is 1.92. The van der Waals surface area contributed by atoms with Gasteiger partial charge in [-0.15, -0.1) is 12.4 Å². The molecule has 0 aliphatic carbocycles. The minimum Gasteiger partial charge on any atom is -0.370 e. The van der Waals surface area contributed by atoms with Gasteiger partial charge in [0.25, 0.3) is 5.92 Å². The average Bonchev–Trinajstić information content (AvgIpc) is 2.26. The molecule has 1 amide bonds. The first kappa shape index (κ1) is 12.6. The monoisotopic (exact) mass is 214 g/mol. The predicted molar refractivity (Wildman–Crippen MR) is 47.1 cm³/mol. The molecule has 78 valence electrons. The van der Waals surface area contributed by atoms with Crippen LogP contribution in [0.15, 0.2) is 0 Å². The first-order valence-corrected chi connectivity index (χ1v) is 3.88. The summed E-state index contributed by atoms with van der Waals surface area (Å²) < 4.78 is 25.1. The van der Waals surface area contributed by atoms with Gasteiger partial charge in [0.2, 0.25) is 5.91 Å². The Kier molecular flexibility index (Phi) is 4.56. The Bertz CT molecular complexity index is 189. The van der Waals surface area contributed by atoms with Crippen LogP contribution in [-0.2, 0) is 4.79 Å². The van der Waals surface area contributed by atoms with Gasteiger partial charge in [-0.05, 0) is 0 Å². The molecule has 0 aromatic rings. The minimum atomic E-state index is -2.57. The van der Waals surface area contributed by atoms with E-state index in [0.717, 1.165) is 0 Å². The van der Waals surface area contributed by atoms with Gasteiger partial charge in [-0.3, -0.25) is 9.69 Å². The van der Waals surface area contributed by atoms with Crippen molar-refractivity contribution in [1.82, 2.24) is 4.90 Å². The van der Waals surface area contributed by atoms with Gasteiger partial charge in [0, 0.05) is 25.9 Å². The molecular weight excluding hydrogens is 202 g/mol. The number of alkyl halides is 2. The largest absolute Gasteiger partial charge is 0.370 e. The number of likely N-dealkylation sites (tertiary alicyclic amines) is 1. The highest BCUT2D eigenvalue weighted by Crippen LogP contribution is 2.26. The van der Waals surface area contributed by atoms with Crippen molar-refractivity contribution in [2.24, 2.45) is 5.73 Å². The van der Waals surface area contributed by atoms with Crippen molar-refractivity contribution in [3.8, 4) is 0 Å². The van der Waals surface area contributed by atoms with Crippen LogP contribution < -0.4 is 5.73 Å². The average molecular weight is 215 g/mol. The van der Waals surface area contributed by atoms with Crippen LogP contribution in [0.25, 0.3) is 0 Å². The Morgan fingerprint density at radius 1 is 1.54 bits per heavy atom. The molecule has 2 N–H and O–H groups in total. The number of hydrogen-bond donors (Lipinski definition) is 1. The van der Waals surface area contributed by atoms with Crippen molar-refractivity contribution in [2.75, 3.05) is 19.6 Å². The van der Waals surface area contributed by atoms with Crippen molar-refractivity contribution < 1.29 is 13.6 Å². The zero-order chi connectivity index (χ0) is 9.19. The SMILES string of the molecule is Cl.NC(=O)CCN1CCC(F)(F)C1. The number of amides is 1. The lowest BCUT2D eigenvalue weighted by atomic mass is 10.3. The Labute approximate surface area is 81.7 Å². The van der Waals surface area contributed by atoms with Crippen LogP contribution >= 0.6 is 12.4 Å². The van der Waals surface area contributed by atoms with Crippen LogP contribution in [0.2, 0.25) is 0 Å². The number of carbonyl (C=O) groups excluding carboxylic acids is 1. The maximum atomic E-state index is 12.6. The van der Waals surface area contributed by atoms with Gasteiger partial charge >= 0.3 is 0 Å². The lowest BCUT2D eigenvalue weighted by molar-refractivity contribution is -0.118. The molecule has 0 bridgehead atoms. The zero-order valence-electron chi connectivity index (χ0n) is 7.13. The van der Waals surface area contributed by atoms with Crippen LogP contribution in [0.1, 0.15) is 12.8 Å². The zero-order valence-corrected chi connectivity index (χ0v) is 7.95. The Morgan fingerprint density at radius 2 is 2.15 bits per heavy atom. The molecule has 1 rings (SSSR count). The molecule has 6 heteroatoms. The van der Waals surface area contributed by atoms with E-state index in [1.165, 1.54) is 0 Å². The molecule has 1 aliphatic heterocycles. The molecule has 3 nitrogen and oxygen atoms in total. The molecule has 0 spiro atoms. The van der Waals surface area contributed by atoms with Crippen LogP contribution in [-0.4, -0.2) is 36.4 Å². The quantitative estimate of drug-likeness (QED) is 0.749. The maximum absolute atomic E-state index is 12.6. The van der Waals surface area contributed by atoms with Crippen LogP contribution in [0, 0.1) is 0 Å². The van der Waals surface area contributed by atoms with Crippen molar-refractivity contribution in [1.29, 1.82) is 0 Å². The van der Waals surface area contributed by atoms with E-state index >= 15 is 0 Å². The molecule has 1 aliphatic rings. The fourth-order valence-corrected chi connectivity index (χ4v) is 1.27. The van der Waals surface area contributed by atoms with Crippen molar-refractivity contribution >= 4 is 18.3 Å². The first-order chi connectivity index (χ1) is 5.49. The smallest absolute Gasteiger partial charge is 0.261 e. The highest BCUT2D eigenvalue weighted by atomic mass is 35.5. The molecule has 0 radical (unpaired) electrons. The molecule has 0 atom stereocenters. The van der Waals surface area contributed by atoms with Crippen LogP contribution in [0.3, 0.4) is 0 Å². The van der Waals surface area contributed by atoms with E-state index in [1.54, 1.807) is 4.90 Å². The molecular formula is C7H13ClF2N2O. The topological polar surface area (TPSA) is 46.3 Å². The second kappa shape index (κ2) is 4.72. The lowest BCUT2D eigenvalue weighted by Crippen LogP contribution is -2.28. The summed E-state index contributed by atoms with van der Waals surface area (Å²) in [5, 5.41) is 0. The van der Waals surface area contributed by atoms with Gasteiger partial charge in [-0.1, -0.05) is 0 Å². The molecule has 0 saturated carbocycles. The van der Waals surface area contributed by atoms with E-state index in [1.807, 2.05) is 0 Å². The lowest BCUT2D eigenvalue weighted by Gasteiger charge is -2.13. The van der Waals surface area contributed by atoms with E-state index in [-0.39, 0.29) is 31.8 Å². The minimum absolute atomic E-state index is 0. The molecule has 0 aromatic carbocycles. The van der Waals surface area contributed by atoms with E-state index in [9.17, 15) is 13.6 Å².